The molecule has 2 fully saturated rings. The summed E-state index contributed by atoms with van der Waals surface area (Å²) in [6.45, 7) is 0.866. The smallest absolute Gasteiger partial charge is 0.260 e. The summed E-state index contributed by atoms with van der Waals surface area (Å²) in [7, 11) is 0. The molecule has 2 atom stereocenters. The van der Waals surface area contributed by atoms with E-state index in [2.05, 4.69) is 5.32 Å². The lowest BCUT2D eigenvalue weighted by Crippen LogP contribution is -2.56. The number of halogens is 1. The van der Waals surface area contributed by atoms with Gasteiger partial charge < -0.3 is 15.0 Å². The largest absolute Gasteiger partial charge is 0.484 e. The molecule has 2 saturated heterocycles. The first kappa shape index (κ1) is 18.5. The van der Waals surface area contributed by atoms with Gasteiger partial charge in [0.25, 0.3) is 5.91 Å². The van der Waals surface area contributed by atoms with Crippen molar-refractivity contribution in [1.29, 1.82) is 0 Å². The third kappa shape index (κ3) is 3.72. The van der Waals surface area contributed by atoms with Crippen LogP contribution in [-0.4, -0.2) is 41.9 Å². The van der Waals surface area contributed by atoms with Crippen LogP contribution >= 0.6 is 0 Å². The third-order valence-corrected chi connectivity index (χ3v) is 5.69. The molecular weight excluding hydrogens is 359 g/mol. The molecule has 2 heterocycles. The summed E-state index contributed by atoms with van der Waals surface area (Å²) in [5.41, 5.74) is 0.429. The summed E-state index contributed by atoms with van der Waals surface area (Å²) in [5, 5.41) is 3.15. The van der Waals surface area contributed by atoms with Gasteiger partial charge in [-0.1, -0.05) is 30.3 Å². The van der Waals surface area contributed by atoms with Gasteiger partial charge in [-0.05, 0) is 42.7 Å². The molecule has 2 aliphatic rings. The highest BCUT2D eigenvalue weighted by Gasteiger charge is 2.50. The molecule has 2 aromatic carbocycles. The average Bonchev–Trinajstić information content (AvgIpc) is 3.06. The van der Waals surface area contributed by atoms with Crippen molar-refractivity contribution in [3.8, 4) is 5.75 Å². The third-order valence-electron chi connectivity index (χ3n) is 5.69. The van der Waals surface area contributed by atoms with Crippen molar-refractivity contribution >= 4 is 11.8 Å². The first-order chi connectivity index (χ1) is 13.6. The van der Waals surface area contributed by atoms with Gasteiger partial charge in [0.15, 0.2) is 6.61 Å². The van der Waals surface area contributed by atoms with Crippen molar-refractivity contribution in [2.45, 2.75) is 30.7 Å². The number of nitrogens with zero attached hydrogens (tertiary/aromatic N) is 1. The number of carbonyl (C=O) groups excluding carboxylic acids is 2. The standard InChI is InChI=1S/C22H23FN2O3/c23-17-10-8-16(9-11-17)19-13-25(15-22(19)12-4-7-20(26)24-22)21(27)14-28-18-5-2-1-3-6-18/h1-3,5-6,8-11,19H,4,7,12-15H2,(H,24,26)/t19-,22+/m0/s1. The number of benzene rings is 2. The van der Waals surface area contributed by atoms with Gasteiger partial charge in [-0.25, -0.2) is 4.39 Å². The summed E-state index contributed by atoms with van der Waals surface area (Å²) in [4.78, 5) is 26.7. The molecule has 0 aliphatic carbocycles. The number of hydrogen-bond acceptors (Lipinski definition) is 3. The van der Waals surface area contributed by atoms with Gasteiger partial charge in [0.2, 0.25) is 5.91 Å². The number of rotatable bonds is 4. The summed E-state index contributed by atoms with van der Waals surface area (Å²) < 4.78 is 19.0. The van der Waals surface area contributed by atoms with Crippen LogP contribution in [0, 0.1) is 5.82 Å². The second-order valence-electron chi connectivity index (χ2n) is 7.54. The Labute approximate surface area is 163 Å². The maximum absolute atomic E-state index is 13.4. The minimum Gasteiger partial charge on any atom is -0.484 e. The van der Waals surface area contributed by atoms with Gasteiger partial charge in [0, 0.05) is 25.4 Å². The molecule has 6 heteroatoms. The summed E-state index contributed by atoms with van der Waals surface area (Å²) in [5.74, 6) is 0.164. The zero-order valence-electron chi connectivity index (χ0n) is 15.6. The van der Waals surface area contributed by atoms with E-state index < -0.39 is 5.54 Å². The Balaban J connectivity index is 1.53. The number of piperidine rings is 1. The van der Waals surface area contributed by atoms with E-state index >= 15 is 0 Å². The first-order valence-electron chi connectivity index (χ1n) is 9.58. The van der Waals surface area contributed by atoms with Crippen LogP contribution in [0.2, 0.25) is 0 Å². The van der Waals surface area contributed by atoms with E-state index in [0.717, 1.165) is 18.4 Å². The Kier molecular flexibility index (Phi) is 5.03. The quantitative estimate of drug-likeness (QED) is 0.885. The lowest BCUT2D eigenvalue weighted by molar-refractivity contribution is -0.133. The van der Waals surface area contributed by atoms with Crippen LogP contribution < -0.4 is 10.1 Å². The van der Waals surface area contributed by atoms with Gasteiger partial charge in [-0.15, -0.1) is 0 Å². The van der Waals surface area contributed by atoms with E-state index in [-0.39, 0.29) is 30.2 Å². The topological polar surface area (TPSA) is 58.6 Å². The van der Waals surface area contributed by atoms with E-state index in [4.69, 9.17) is 4.74 Å². The number of hydrogen-bond donors (Lipinski definition) is 1. The Morgan fingerprint density at radius 3 is 2.64 bits per heavy atom. The zero-order valence-corrected chi connectivity index (χ0v) is 15.6. The number of amides is 2. The molecule has 0 bridgehead atoms. The predicted octanol–water partition coefficient (Wildman–Crippen LogP) is 2.87. The molecule has 4 rings (SSSR count). The molecule has 5 nitrogen and oxygen atoms in total. The second kappa shape index (κ2) is 7.62. The monoisotopic (exact) mass is 382 g/mol. The predicted molar refractivity (Wildman–Crippen MR) is 102 cm³/mol. The first-order valence-corrected chi connectivity index (χ1v) is 9.58. The Bertz CT molecular complexity index is 856. The van der Waals surface area contributed by atoms with Gasteiger partial charge in [0.1, 0.15) is 11.6 Å². The van der Waals surface area contributed by atoms with Crippen LogP contribution in [-0.2, 0) is 9.59 Å². The van der Waals surface area contributed by atoms with Crippen molar-refractivity contribution in [2.75, 3.05) is 19.7 Å². The van der Waals surface area contributed by atoms with E-state index in [9.17, 15) is 14.0 Å². The fourth-order valence-electron chi connectivity index (χ4n) is 4.32. The Morgan fingerprint density at radius 1 is 1.18 bits per heavy atom. The van der Waals surface area contributed by atoms with E-state index in [1.54, 1.807) is 29.2 Å². The summed E-state index contributed by atoms with van der Waals surface area (Å²) >= 11 is 0. The van der Waals surface area contributed by atoms with Crippen LogP contribution in [0.3, 0.4) is 0 Å². The van der Waals surface area contributed by atoms with Crippen LogP contribution in [0.4, 0.5) is 4.39 Å². The molecule has 28 heavy (non-hydrogen) atoms. The van der Waals surface area contributed by atoms with Crippen LogP contribution in [0.5, 0.6) is 5.75 Å². The van der Waals surface area contributed by atoms with Gasteiger partial charge in [-0.2, -0.15) is 0 Å². The highest BCUT2D eigenvalue weighted by Crippen LogP contribution is 2.41. The maximum Gasteiger partial charge on any atom is 0.260 e. The maximum atomic E-state index is 13.4. The molecule has 0 radical (unpaired) electrons. The minimum absolute atomic E-state index is 0.00759. The second-order valence-corrected chi connectivity index (χ2v) is 7.54. The molecule has 2 aromatic rings. The highest BCUT2D eigenvalue weighted by atomic mass is 19.1. The SMILES string of the molecule is O=C1CCC[C@]2(CN(C(=O)COc3ccccc3)C[C@H]2c2ccc(F)cc2)N1. The van der Waals surface area contributed by atoms with Gasteiger partial charge in [0.05, 0.1) is 5.54 Å². The lowest BCUT2D eigenvalue weighted by atomic mass is 9.76. The van der Waals surface area contributed by atoms with Crippen molar-refractivity contribution < 1.29 is 18.7 Å². The zero-order chi connectivity index (χ0) is 19.6. The molecule has 1 N–H and O–H groups in total. The lowest BCUT2D eigenvalue weighted by Gasteiger charge is -2.39. The van der Waals surface area contributed by atoms with Crippen molar-refractivity contribution in [3.05, 3.63) is 66.0 Å². The summed E-state index contributed by atoms with van der Waals surface area (Å²) in [6, 6.07) is 15.6. The fraction of sp³-hybridized carbons (Fsp3) is 0.364. The van der Waals surface area contributed by atoms with E-state index in [0.29, 0.717) is 25.3 Å². The van der Waals surface area contributed by atoms with Gasteiger partial charge >= 0.3 is 0 Å². The Morgan fingerprint density at radius 2 is 1.93 bits per heavy atom. The fourth-order valence-corrected chi connectivity index (χ4v) is 4.32. The molecule has 2 amide bonds. The van der Waals surface area contributed by atoms with E-state index in [1.165, 1.54) is 12.1 Å². The number of nitrogens with one attached hydrogen (secondary N) is 1. The molecule has 146 valence electrons. The summed E-state index contributed by atoms with van der Waals surface area (Å²) in [6.07, 6.45) is 2.08. The minimum atomic E-state index is -0.504. The number of ether oxygens (including phenoxy) is 1. The molecule has 1 spiro atoms. The average molecular weight is 382 g/mol. The number of likely N-dealkylation sites (tertiary alicyclic amines) is 1. The molecule has 2 aliphatic heterocycles. The van der Waals surface area contributed by atoms with E-state index in [1.807, 2.05) is 18.2 Å². The molecular formula is C22H23FN2O3. The highest BCUT2D eigenvalue weighted by molar-refractivity contribution is 5.81. The molecule has 0 unspecified atom stereocenters. The Hall–Kier alpha value is -2.89. The number of para-hydroxylation sites is 1. The van der Waals surface area contributed by atoms with Gasteiger partial charge in [-0.3, -0.25) is 9.59 Å². The molecule has 0 aromatic heterocycles. The van der Waals surface area contributed by atoms with Crippen LogP contribution in [0.1, 0.15) is 30.7 Å². The van der Waals surface area contributed by atoms with Crippen LogP contribution in [0.15, 0.2) is 54.6 Å². The van der Waals surface area contributed by atoms with Crippen molar-refractivity contribution in [3.63, 3.8) is 0 Å². The molecule has 0 saturated carbocycles. The van der Waals surface area contributed by atoms with Crippen molar-refractivity contribution in [1.82, 2.24) is 10.2 Å². The van der Waals surface area contributed by atoms with Crippen molar-refractivity contribution in [2.24, 2.45) is 0 Å². The van der Waals surface area contributed by atoms with Crippen LogP contribution in [0.25, 0.3) is 0 Å². The normalized spacial score (nSPS) is 24.2. The number of carbonyl (C=O) groups is 2.